The van der Waals surface area contributed by atoms with Crippen molar-refractivity contribution in [1.82, 2.24) is 0 Å². The highest BCUT2D eigenvalue weighted by Crippen LogP contribution is 2.56. The van der Waals surface area contributed by atoms with Crippen LogP contribution < -0.4 is 4.74 Å². The van der Waals surface area contributed by atoms with Gasteiger partial charge in [-0.15, -0.1) is 0 Å². The molecule has 0 amide bonds. The number of carbonyl (C=O) groups excluding carboxylic acids is 1. The number of benzene rings is 2. The fourth-order valence-electron chi connectivity index (χ4n) is 4.72. The van der Waals surface area contributed by atoms with Crippen LogP contribution in [0.4, 0.5) is 4.39 Å². The van der Waals surface area contributed by atoms with Gasteiger partial charge in [0.2, 0.25) is 0 Å². The molecule has 27 heavy (non-hydrogen) atoms. The SMILES string of the molecule is C[C@@H]1C=C(C=O)[C@H](c2ccc(F)cc2)[C@]2([N+](=O)[O-])COc3ccccc3[C@@H]12. The van der Waals surface area contributed by atoms with Gasteiger partial charge in [0.1, 0.15) is 17.9 Å². The van der Waals surface area contributed by atoms with Crippen LogP contribution in [0.5, 0.6) is 5.75 Å². The standard InChI is InChI=1S/C21H18FNO4/c1-13-10-15(11-24)20(14-6-8-16(22)9-7-14)21(23(25)26)12-27-18-5-3-2-4-17(18)19(13)21/h2-11,13,19-20H,12H2,1H3/t13-,19-,20+,21+/m1/s1. The molecule has 1 heterocycles. The molecule has 1 aliphatic carbocycles. The second-order valence-electron chi connectivity index (χ2n) is 7.18. The Kier molecular flexibility index (Phi) is 4.06. The summed E-state index contributed by atoms with van der Waals surface area (Å²) in [6, 6.07) is 12.8. The Morgan fingerprint density at radius 2 is 1.93 bits per heavy atom. The quantitative estimate of drug-likeness (QED) is 0.469. The molecule has 2 aromatic carbocycles. The summed E-state index contributed by atoms with van der Waals surface area (Å²) in [5.74, 6) is -1.31. The molecule has 1 aliphatic heterocycles. The number of allylic oxidation sites excluding steroid dienone is 1. The van der Waals surface area contributed by atoms with Crippen molar-refractivity contribution in [1.29, 1.82) is 0 Å². The number of hydrogen-bond acceptors (Lipinski definition) is 4. The van der Waals surface area contributed by atoms with Crippen LogP contribution in [0.1, 0.15) is 29.9 Å². The second-order valence-corrected chi connectivity index (χ2v) is 7.18. The highest BCUT2D eigenvalue weighted by molar-refractivity contribution is 5.78. The summed E-state index contributed by atoms with van der Waals surface area (Å²) in [4.78, 5) is 24.0. The van der Waals surface area contributed by atoms with Gasteiger partial charge in [-0.25, -0.2) is 4.39 Å². The van der Waals surface area contributed by atoms with E-state index in [1.807, 2.05) is 25.1 Å². The zero-order chi connectivity index (χ0) is 19.2. The van der Waals surface area contributed by atoms with Crippen LogP contribution in [0.3, 0.4) is 0 Å². The van der Waals surface area contributed by atoms with Crippen molar-refractivity contribution in [2.45, 2.75) is 24.3 Å². The minimum atomic E-state index is -1.55. The van der Waals surface area contributed by atoms with Crippen molar-refractivity contribution < 1.29 is 18.8 Å². The Labute approximate surface area is 155 Å². The number of fused-ring (bicyclic) bond motifs is 3. The molecule has 0 bridgehead atoms. The molecule has 0 fully saturated rings. The summed E-state index contributed by atoms with van der Waals surface area (Å²) >= 11 is 0. The maximum Gasteiger partial charge on any atom is 0.273 e. The van der Waals surface area contributed by atoms with Crippen LogP contribution in [0.15, 0.2) is 60.2 Å². The van der Waals surface area contributed by atoms with Crippen LogP contribution in [-0.4, -0.2) is 23.4 Å². The average Bonchev–Trinajstić information content (AvgIpc) is 2.68. The molecule has 0 radical (unpaired) electrons. The highest BCUT2D eigenvalue weighted by Gasteiger charge is 2.64. The lowest BCUT2D eigenvalue weighted by Gasteiger charge is -2.47. The van der Waals surface area contributed by atoms with Crippen LogP contribution in [-0.2, 0) is 4.79 Å². The van der Waals surface area contributed by atoms with Crippen LogP contribution in [0, 0.1) is 21.8 Å². The largest absolute Gasteiger partial charge is 0.486 e. The third-order valence-corrected chi connectivity index (χ3v) is 5.75. The van der Waals surface area contributed by atoms with E-state index in [1.54, 1.807) is 12.1 Å². The Hall–Kier alpha value is -3.02. The first-order valence-electron chi connectivity index (χ1n) is 8.77. The van der Waals surface area contributed by atoms with E-state index in [1.165, 1.54) is 24.3 Å². The minimum Gasteiger partial charge on any atom is -0.486 e. The van der Waals surface area contributed by atoms with Gasteiger partial charge in [0.05, 0.1) is 11.8 Å². The van der Waals surface area contributed by atoms with E-state index in [0.29, 0.717) is 23.2 Å². The summed E-state index contributed by atoms with van der Waals surface area (Å²) in [7, 11) is 0. The van der Waals surface area contributed by atoms with E-state index < -0.39 is 23.2 Å². The molecule has 4 atom stereocenters. The number of aldehydes is 1. The maximum atomic E-state index is 13.4. The van der Waals surface area contributed by atoms with E-state index in [0.717, 1.165) is 5.56 Å². The van der Waals surface area contributed by atoms with Crippen molar-refractivity contribution in [2.24, 2.45) is 5.92 Å². The lowest BCUT2D eigenvalue weighted by atomic mass is 9.58. The second kappa shape index (κ2) is 6.30. The molecular formula is C21H18FNO4. The molecule has 0 unspecified atom stereocenters. The lowest BCUT2D eigenvalue weighted by molar-refractivity contribution is -0.584. The number of para-hydroxylation sites is 1. The third-order valence-electron chi connectivity index (χ3n) is 5.75. The topological polar surface area (TPSA) is 69.4 Å². The Bertz CT molecular complexity index is 939. The van der Waals surface area contributed by atoms with E-state index in [4.69, 9.17) is 4.74 Å². The monoisotopic (exact) mass is 367 g/mol. The number of halogens is 1. The fourth-order valence-corrected chi connectivity index (χ4v) is 4.72. The third kappa shape index (κ3) is 2.47. The highest BCUT2D eigenvalue weighted by atomic mass is 19.1. The first-order valence-corrected chi connectivity index (χ1v) is 8.77. The smallest absolute Gasteiger partial charge is 0.273 e. The van der Waals surface area contributed by atoms with Crippen LogP contribution >= 0.6 is 0 Å². The molecule has 0 saturated carbocycles. The van der Waals surface area contributed by atoms with Crippen molar-refractivity contribution >= 4 is 6.29 Å². The summed E-state index contributed by atoms with van der Waals surface area (Å²) in [6.07, 6.45) is 2.47. The van der Waals surface area contributed by atoms with Gasteiger partial charge in [-0.3, -0.25) is 14.9 Å². The van der Waals surface area contributed by atoms with Crippen molar-refractivity contribution in [3.8, 4) is 5.75 Å². The molecule has 6 heteroatoms. The van der Waals surface area contributed by atoms with Gasteiger partial charge in [0.25, 0.3) is 5.54 Å². The minimum absolute atomic E-state index is 0.154. The predicted octanol–water partition coefficient (Wildman–Crippen LogP) is 3.88. The van der Waals surface area contributed by atoms with Gasteiger partial charge in [0, 0.05) is 16.1 Å². The molecule has 0 aromatic heterocycles. The van der Waals surface area contributed by atoms with E-state index in [9.17, 15) is 19.3 Å². The number of ether oxygens (including phenoxy) is 1. The molecule has 4 rings (SSSR count). The average molecular weight is 367 g/mol. The van der Waals surface area contributed by atoms with Gasteiger partial charge in [0.15, 0.2) is 6.61 Å². The number of rotatable bonds is 3. The first kappa shape index (κ1) is 17.4. The van der Waals surface area contributed by atoms with Gasteiger partial charge < -0.3 is 4.74 Å². The van der Waals surface area contributed by atoms with Gasteiger partial charge in [-0.1, -0.05) is 43.3 Å². The molecule has 138 valence electrons. The lowest BCUT2D eigenvalue weighted by Crippen LogP contribution is -2.59. The molecule has 2 aromatic rings. The maximum absolute atomic E-state index is 13.4. The Balaban J connectivity index is 1.99. The summed E-state index contributed by atoms with van der Waals surface area (Å²) in [5, 5.41) is 12.5. The van der Waals surface area contributed by atoms with E-state index in [-0.39, 0.29) is 17.4 Å². The zero-order valence-corrected chi connectivity index (χ0v) is 14.7. The van der Waals surface area contributed by atoms with E-state index >= 15 is 0 Å². The predicted molar refractivity (Wildman–Crippen MR) is 96.9 cm³/mol. The molecule has 5 nitrogen and oxygen atoms in total. The molecular weight excluding hydrogens is 349 g/mol. The van der Waals surface area contributed by atoms with Crippen LogP contribution in [0.25, 0.3) is 0 Å². The van der Waals surface area contributed by atoms with Gasteiger partial charge in [-0.05, 0) is 29.7 Å². The molecule has 2 aliphatic rings. The number of nitro groups is 1. The van der Waals surface area contributed by atoms with Gasteiger partial charge >= 0.3 is 0 Å². The number of nitrogens with zero attached hydrogens (tertiary/aromatic N) is 1. The molecule has 0 saturated heterocycles. The van der Waals surface area contributed by atoms with Crippen molar-refractivity contribution in [3.05, 3.63) is 87.2 Å². The summed E-state index contributed by atoms with van der Waals surface area (Å²) in [5.41, 5.74) is 0.0916. The van der Waals surface area contributed by atoms with Crippen molar-refractivity contribution in [3.63, 3.8) is 0 Å². The van der Waals surface area contributed by atoms with E-state index in [2.05, 4.69) is 0 Å². The summed E-state index contributed by atoms with van der Waals surface area (Å²) in [6.45, 7) is 1.73. The Morgan fingerprint density at radius 1 is 1.22 bits per heavy atom. The summed E-state index contributed by atoms with van der Waals surface area (Å²) < 4.78 is 19.3. The zero-order valence-electron chi connectivity index (χ0n) is 14.7. The normalized spacial score (nSPS) is 29.0. The van der Waals surface area contributed by atoms with Crippen molar-refractivity contribution in [2.75, 3.05) is 6.61 Å². The molecule has 0 N–H and O–H groups in total. The van der Waals surface area contributed by atoms with Crippen LogP contribution in [0.2, 0.25) is 0 Å². The number of hydrogen-bond donors (Lipinski definition) is 0. The number of carbonyl (C=O) groups is 1. The fraction of sp³-hybridized carbons (Fsp3) is 0.286. The van der Waals surface area contributed by atoms with Gasteiger partial charge in [-0.2, -0.15) is 0 Å². The Morgan fingerprint density at radius 3 is 2.59 bits per heavy atom. The first-order chi connectivity index (χ1) is 13.0. The molecule has 0 spiro atoms.